The van der Waals surface area contributed by atoms with Gasteiger partial charge in [0.2, 0.25) is 0 Å². The van der Waals surface area contributed by atoms with E-state index < -0.39 is 0 Å². The average molecular weight is 202 g/mol. The number of fused-ring (bicyclic) bond motifs is 1. The largest absolute Gasteiger partial charge is 0.367 e. The van der Waals surface area contributed by atoms with Gasteiger partial charge in [0.1, 0.15) is 11.6 Å². The van der Waals surface area contributed by atoms with Gasteiger partial charge in [-0.25, -0.2) is 9.97 Å². The molecule has 0 aliphatic carbocycles. The zero-order valence-corrected chi connectivity index (χ0v) is 9.15. The molecule has 2 aromatic rings. The second kappa shape index (κ2) is 3.81. The molecule has 0 aromatic carbocycles. The Balaban J connectivity index is 2.60. The third kappa shape index (κ3) is 2.03. The van der Waals surface area contributed by atoms with Gasteiger partial charge < -0.3 is 5.32 Å². The van der Waals surface area contributed by atoms with Crippen LogP contribution in [0.5, 0.6) is 0 Å². The molecule has 2 aromatic heterocycles. The summed E-state index contributed by atoms with van der Waals surface area (Å²) in [6, 6.07) is 2.29. The Morgan fingerprint density at radius 2 is 2.07 bits per heavy atom. The quantitative estimate of drug-likeness (QED) is 0.810. The van der Waals surface area contributed by atoms with E-state index in [1.54, 1.807) is 12.4 Å². The molecule has 0 bridgehead atoms. The predicted octanol–water partition coefficient (Wildman–Crippen LogP) is 2.15. The van der Waals surface area contributed by atoms with Gasteiger partial charge >= 0.3 is 0 Å². The van der Waals surface area contributed by atoms with Gasteiger partial charge in [0.15, 0.2) is 0 Å². The highest BCUT2D eigenvalue weighted by atomic mass is 15.0. The first-order valence-electron chi connectivity index (χ1n) is 5.01. The van der Waals surface area contributed by atoms with E-state index in [-0.39, 0.29) is 0 Å². The summed E-state index contributed by atoms with van der Waals surface area (Å²) in [5, 5.41) is 4.33. The van der Waals surface area contributed by atoms with Crippen LogP contribution in [0.3, 0.4) is 0 Å². The third-order valence-corrected chi connectivity index (χ3v) is 2.04. The summed E-state index contributed by atoms with van der Waals surface area (Å²) in [5.74, 6) is 1.65. The molecular formula is C11H14N4. The molecule has 0 saturated heterocycles. The predicted molar refractivity (Wildman–Crippen MR) is 60.8 cm³/mol. The second-order valence-corrected chi connectivity index (χ2v) is 3.81. The molecule has 0 saturated carbocycles. The monoisotopic (exact) mass is 202 g/mol. The first-order valence-corrected chi connectivity index (χ1v) is 5.01. The molecular weight excluding hydrogens is 188 g/mol. The van der Waals surface area contributed by atoms with Crippen molar-refractivity contribution in [2.24, 2.45) is 0 Å². The minimum atomic E-state index is 0.357. The second-order valence-electron chi connectivity index (χ2n) is 3.81. The summed E-state index contributed by atoms with van der Waals surface area (Å²) in [6.45, 7) is 6.06. The topological polar surface area (TPSA) is 50.7 Å². The molecule has 1 N–H and O–H groups in total. The van der Waals surface area contributed by atoms with Crippen molar-refractivity contribution in [3.8, 4) is 0 Å². The van der Waals surface area contributed by atoms with E-state index in [2.05, 4.69) is 34.1 Å². The number of aryl methyl sites for hydroxylation is 1. The maximum absolute atomic E-state index is 4.39. The van der Waals surface area contributed by atoms with Crippen molar-refractivity contribution in [2.75, 3.05) is 5.32 Å². The molecule has 0 atom stereocenters. The minimum absolute atomic E-state index is 0.357. The van der Waals surface area contributed by atoms with E-state index in [9.17, 15) is 0 Å². The first-order chi connectivity index (χ1) is 7.16. The molecule has 0 unspecified atom stereocenters. The molecule has 0 radical (unpaired) electrons. The van der Waals surface area contributed by atoms with Crippen LogP contribution in [0.25, 0.3) is 10.9 Å². The highest BCUT2D eigenvalue weighted by Gasteiger charge is 2.05. The van der Waals surface area contributed by atoms with Crippen molar-refractivity contribution in [3.63, 3.8) is 0 Å². The highest BCUT2D eigenvalue weighted by molar-refractivity contribution is 5.88. The molecule has 2 rings (SSSR count). The lowest BCUT2D eigenvalue weighted by atomic mass is 10.2. The van der Waals surface area contributed by atoms with Crippen molar-refractivity contribution in [1.82, 2.24) is 15.0 Å². The number of nitrogens with zero attached hydrogens (tertiary/aromatic N) is 3. The SMILES string of the molecule is Cc1nc(NC(C)C)c2ccncc2n1. The lowest BCUT2D eigenvalue weighted by molar-refractivity contribution is 0.886. The van der Waals surface area contributed by atoms with Crippen LogP contribution in [0.2, 0.25) is 0 Å². The molecule has 15 heavy (non-hydrogen) atoms. The van der Waals surface area contributed by atoms with Crippen LogP contribution in [0.1, 0.15) is 19.7 Å². The lowest BCUT2D eigenvalue weighted by Crippen LogP contribution is -2.12. The number of rotatable bonds is 2. The first kappa shape index (κ1) is 9.83. The van der Waals surface area contributed by atoms with Crippen molar-refractivity contribution in [2.45, 2.75) is 26.8 Å². The number of hydrogen-bond acceptors (Lipinski definition) is 4. The summed E-state index contributed by atoms with van der Waals surface area (Å²) < 4.78 is 0. The van der Waals surface area contributed by atoms with E-state index in [1.165, 1.54) is 0 Å². The normalized spacial score (nSPS) is 10.9. The summed E-state index contributed by atoms with van der Waals surface area (Å²) in [4.78, 5) is 12.8. The maximum Gasteiger partial charge on any atom is 0.137 e. The van der Waals surface area contributed by atoms with Gasteiger partial charge in [-0.15, -0.1) is 0 Å². The van der Waals surface area contributed by atoms with E-state index >= 15 is 0 Å². The highest BCUT2D eigenvalue weighted by Crippen LogP contribution is 2.19. The minimum Gasteiger partial charge on any atom is -0.367 e. The Morgan fingerprint density at radius 1 is 1.27 bits per heavy atom. The van der Waals surface area contributed by atoms with Crippen molar-refractivity contribution >= 4 is 16.7 Å². The van der Waals surface area contributed by atoms with Gasteiger partial charge in [0, 0.05) is 17.6 Å². The van der Waals surface area contributed by atoms with Crippen molar-refractivity contribution in [3.05, 3.63) is 24.3 Å². The van der Waals surface area contributed by atoms with Gasteiger partial charge in [-0.3, -0.25) is 4.98 Å². The summed E-state index contributed by atoms with van der Waals surface area (Å²) in [6.07, 6.45) is 3.52. The standard InChI is InChI=1S/C11H14N4/c1-7(2)13-11-9-4-5-12-6-10(9)14-8(3)15-11/h4-7H,1-3H3,(H,13,14,15). The lowest BCUT2D eigenvalue weighted by Gasteiger charge is -2.11. The summed E-state index contributed by atoms with van der Waals surface area (Å²) in [5.41, 5.74) is 0.883. The Labute approximate surface area is 88.8 Å². The van der Waals surface area contributed by atoms with Crippen LogP contribution in [0, 0.1) is 6.92 Å². The number of anilines is 1. The van der Waals surface area contributed by atoms with Crippen LogP contribution in [-0.4, -0.2) is 21.0 Å². The van der Waals surface area contributed by atoms with Gasteiger partial charge in [-0.1, -0.05) is 0 Å². The van der Waals surface area contributed by atoms with Crippen LogP contribution < -0.4 is 5.32 Å². The number of nitrogens with one attached hydrogen (secondary N) is 1. The fraction of sp³-hybridized carbons (Fsp3) is 0.364. The molecule has 0 amide bonds. The third-order valence-electron chi connectivity index (χ3n) is 2.04. The Hall–Kier alpha value is -1.71. The van der Waals surface area contributed by atoms with E-state index in [4.69, 9.17) is 0 Å². The summed E-state index contributed by atoms with van der Waals surface area (Å²) in [7, 11) is 0. The Bertz CT molecular complexity index is 479. The van der Waals surface area contributed by atoms with Crippen LogP contribution in [0.15, 0.2) is 18.5 Å². The fourth-order valence-electron chi connectivity index (χ4n) is 1.48. The molecule has 4 nitrogen and oxygen atoms in total. The molecule has 0 fully saturated rings. The Morgan fingerprint density at radius 3 is 2.80 bits per heavy atom. The van der Waals surface area contributed by atoms with Crippen molar-refractivity contribution in [1.29, 1.82) is 0 Å². The van der Waals surface area contributed by atoms with E-state index in [0.717, 1.165) is 22.5 Å². The molecule has 2 heterocycles. The van der Waals surface area contributed by atoms with Gasteiger partial charge in [-0.2, -0.15) is 0 Å². The summed E-state index contributed by atoms with van der Waals surface area (Å²) >= 11 is 0. The van der Waals surface area contributed by atoms with E-state index in [1.807, 2.05) is 13.0 Å². The number of aromatic nitrogens is 3. The molecule has 0 aliphatic rings. The van der Waals surface area contributed by atoms with E-state index in [0.29, 0.717) is 6.04 Å². The van der Waals surface area contributed by atoms with Crippen LogP contribution in [-0.2, 0) is 0 Å². The van der Waals surface area contributed by atoms with Crippen LogP contribution >= 0.6 is 0 Å². The fourth-order valence-corrected chi connectivity index (χ4v) is 1.48. The zero-order chi connectivity index (χ0) is 10.8. The molecule has 0 aliphatic heterocycles. The number of hydrogen-bond donors (Lipinski definition) is 1. The maximum atomic E-state index is 4.39. The van der Waals surface area contributed by atoms with Gasteiger partial charge in [0.25, 0.3) is 0 Å². The number of pyridine rings is 1. The van der Waals surface area contributed by atoms with Gasteiger partial charge in [0.05, 0.1) is 11.7 Å². The zero-order valence-electron chi connectivity index (χ0n) is 9.15. The Kier molecular flexibility index (Phi) is 2.49. The molecule has 0 spiro atoms. The smallest absolute Gasteiger partial charge is 0.137 e. The van der Waals surface area contributed by atoms with Crippen molar-refractivity contribution < 1.29 is 0 Å². The molecule has 4 heteroatoms. The van der Waals surface area contributed by atoms with Gasteiger partial charge in [-0.05, 0) is 26.8 Å². The molecule has 78 valence electrons. The van der Waals surface area contributed by atoms with Crippen LogP contribution in [0.4, 0.5) is 5.82 Å². The average Bonchev–Trinajstić information content (AvgIpc) is 2.16.